The number of aliphatic hydroxyl groups is 3. The summed E-state index contributed by atoms with van der Waals surface area (Å²) in [5.41, 5.74) is 3.67. The zero-order valence-electron chi connectivity index (χ0n) is 11.3. The first kappa shape index (κ1) is 14.8. The van der Waals surface area contributed by atoms with Crippen LogP contribution in [0.5, 0.6) is 0 Å². The second-order valence-corrected chi connectivity index (χ2v) is 4.99. The lowest BCUT2D eigenvalue weighted by Gasteiger charge is -2.27. The van der Waals surface area contributed by atoms with Crippen LogP contribution in [0.25, 0.3) is 5.65 Å². The molecule has 1 aliphatic rings. The molecule has 0 bridgehead atoms. The number of nitrogens with two attached hydrogens (primary N) is 1. The first-order valence-electron chi connectivity index (χ1n) is 6.33. The number of halogens is 1. The van der Waals surface area contributed by atoms with Gasteiger partial charge >= 0.3 is 0 Å². The van der Waals surface area contributed by atoms with E-state index in [4.69, 9.17) is 10.5 Å². The summed E-state index contributed by atoms with van der Waals surface area (Å²) in [6.45, 7) is 2.63. The molecule has 0 unspecified atom stereocenters. The van der Waals surface area contributed by atoms with Crippen molar-refractivity contribution >= 4 is 11.5 Å². The Balaban J connectivity index is 2.17. The lowest BCUT2D eigenvalue weighted by molar-refractivity contribution is -0.247. The molecule has 2 aromatic heterocycles. The van der Waals surface area contributed by atoms with Crippen LogP contribution in [0.2, 0.25) is 0 Å². The van der Waals surface area contributed by atoms with Gasteiger partial charge in [-0.2, -0.15) is 5.10 Å². The van der Waals surface area contributed by atoms with Crippen LogP contribution < -0.4 is 5.73 Å². The summed E-state index contributed by atoms with van der Waals surface area (Å²) in [4.78, 5) is 7.63. The van der Waals surface area contributed by atoms with Crippen LogP contribution in [0.1, 0.15) is 5.69 Å². The van der Waals surface area contributed by atoms with Crippen molar-refractivity contribution in [3.05, 3.63) is 30.9 Å². The van der Waals surface area contributed by atoms with Gasteiger partial charge in [-0.25, -0.2) is 18.9 Å². The van der Waals surface area contributed by atoms with Crippen LogP contribution in [0.15, 0.2) is 25.2 Å². The minimum atomic E-state index is -2.59. The van der Waals surface area contributed by atoms with Crippen molar-refractivity contribution in [1.82, 2.24) is 19.6 Å². The number of alkyl halides is 1. The minimum absolute atomic E-state index is 0.0240. The van der Waals surface area contributed by atoms with Gasteiger partial charge in [0.25, 0.3) is 0 Å². The van der Waals surface area contributed by atoms with E-state index in [1.807, 2.05) is 0 Å². The van der Waals surface area contributed by atoms with E-state index in [0.717, 1.165) is 23.1 Å². The van der Waals surface area contributed by atoms with E-state index < -0.39 is 30.3 Å². The van der Waals surface area contributed by atoms with Gasteiger partial charge in [-0.3, -0.25) is 0 Å². The highest BCUT2D eigenvalue weighted by Crippen LogP contribution is 2.45. The van der Waals surface area contributed by atoms with Gasteiger partial charge in [0.05, 0.1) is 12.8 Å². The normalized spacial score (nSPS) is 35.1. The summed E-state index contributed by atoms with van der Waals surface area (Å²) >= 11 is 0. The predicted octanol–water partition coefficient (Wildman–Crippen LogP) is -1.50. The Bertz CT molecular complexity index is 739. The van der Waals surface area contributed by atoms with Crippen molar-refractivity contribution in [2.75, 3.05) is 12.3 Å². The molecular weight excluding hydrogens is 297 g/mol. The molecule has 3 heterocycles. The van der Waals surface area contributed by atoms with Crippen LogP contribution in [-0.2, 0) is 10.5 Å². The first-order chi connectivity index (χ1) is 10.4. The fourth-order valence-corrected chi connectivity index (χ4v) is 2.49. The Morgan fingerprint density at radius 2 is 2.27 bits per heavy atom. The molecule has 1 fully saturated rings. The number of imidazole rings is 1. The SMILES string of the molecule is C=C[C@]1(CO)O[C@@](O)(c2cnc3c(N)ncnn23)[C@H](F)[C@@H]1O. The molecule has 5 N–H and O–H groups in total. The monoisotopic (exact) mass is 311 g/mol. The van der Waals surface area contributed by atoms with E-state index in [1.165, 1.54) is 0 Å². The smallest absolute Gasteiger partial charge is 0.247 e. The van der Waals surface area contributed by atoms with Gasteiger partial charge in [-0.05, 0) is 0 Å². The van der Waals surface area contributed by atoms with E-state index in [1.54, 1.807) is 0 Å². The van der Waals surface area contributed by atoms with E-state index in [2.05, 4.69) is 21.6 Å². The average molecular weight is 311 g/mol. The molecule has 118 valence electrons. The fourth-order valence-electron chi connectivity index (χ4n) is 2.49. The molecule has 1 aliphatic heterocycles. The van der Waals surface area contributed by atoms with E-state index in [0.29, 0.717) is 0 Å². The van der Waals surface area contributed by atoms with E-state index in [-0.39, 0.29) is 17.2 Å². The molecule has 4 atom stereocenters. The fraction of sp³-hybridized carbons (Fsp3) is 0.417. The molecule has 9 nitrogen and oxygen atoms in total. The van der Waals surface area contributed by atoms with Crippen LogP contribution in [0.3, 0.4) is 0 Å². The second-order valence-electron chi connectivity index (χ2n) is 4.99. The maximum atomic E-state index is 14.5. The highest BCUT2D eigenvalue weighted by atomic mass is 19.1. The first-order valence-corrected chi connectivity index (χ1v) is 6.33. The Labute approximate surface area is 123 Å². The summed E-state index contributed by atoms with van der Waals surface area (Å²) in [6, 6.07) is 0. The van der Waals surface area contributed by atoms with Crippen molar-refractivity contribution in [3.63, 3.8) is 0 Å². The summed E-state index contributed by atoms with van der Waals surface area (Å²) in [5.74, 6) is -2.56. The standard InChI is InChI=1S/C12H14FN5O4/c1-2-11(4-19)8(20)7(13)12(21,22-11)6-3-15-10-9(14)16-5-17-18(6)10/h2-3,5,7-8,19-21H,1,4H2,(H2,14,16,17)/t7-,8+,11-,12+/m1/s1. The number of aromatic nitrogens is 4. The molecule has 0 spiro atoms. The van der Waals surface area contributed by atoms with Gasteiger partial charge in [-0.1, -0.05) is 6.08 Å². The zero-order chi connectivity index (χ0) is 16.1. The Kier molecular flexibility index (Phi) is 3.14. The number of fused-ring (bicyclic) bond motifs is 1. The number of anilines is 1. The Hall–Kier alpha value is -2.14. The lowest BCUT2D eigenvalue weighted by atomic mass is 9.95. The molecule has 0 radical (unpaired) electrons. The van der Waals surface area contributed by atoms with Crippen LogP contribution in [0, 0.1) is 0 Å². The Morgan fingerprint density at radius 3 is 2.86 bits per heavy atom. The number of nitrogen functional groups attached to an aromatic ring is 1. The minimum Gasteiger partial charge on any atom is -0.393 e. The summed E-state index contributed by atoms with van der Waals surface area (Å²) < 4.78 is 20.8. The van der Waals surface area contributed by atoms with Crippen LogP contribution in [0.4, 0.5) is 10.2 Å². The third-order valence-corrected chi connectivity index (χ3v) is 3.79. The van der Waals surface area contributed by atoms with Crippen LogP contribution in [-0.4, -0.2) is 59.4 Å². The molecule has 0 saturated carbocycles. The highest BCUT2D eigenvalue weighted by Gasteiger charge is 2.63. The maximum absolute atomic E-state index is 14.5. The average Bonchev–Trinajstić information content (AvgIpc) is 3.04. The van der Waals surface area contributed by atoms with Crippen LogP contribution >= 0.6 is 0 Å². The summed E-state index contributed by atoms with van der Waals surface area (Å²) in [5, 5.41) is 33.8. The summed E-state index contributed by atoms with van der Waals surface area (Å²) in [6.07, 6.45) is -0.855. The topological polar surface area (TPSA) is 139 Å². The number of rotatable bonds is 3. The molecule has 0 amide bonds. The lowest BCUT2D eigenvalue weighted by Crippen LogP contribution is -2.43. The van der Waals surface area contributed by atoms with Gasteiger partial charge in [0.15, 0.2) is 17.6 Å². The van der Waals surface area contributed by atoms with Crippen molar-refractivity contribution in [3.8, 4) is 0 Å². The maximum Gasteiger partial charge on any atom is 0.247 e. The molecule has 0 aromatic carbocycles. The summed E-state index contributed by atoms with van der Waals surface area (Å²) in [7, 11) is 0. The third-order valence-electron chi connectivity index (χ3n) is 3.79. The second kappa shape index (κ2) is 4.68. The predicted molar refractivity (Wildman–Crippen MR) is 71.1 cm³/mol. The van der Waals surface area contributed by atoms with E-state index in [9.17, 15) is 19.7 Å². The number of ether oxygens (including phenoxy) is 1. The number of nitrogens with zero attached hydrogens (tertiary/aromatic N) is 4. The van der Waals surface area contributed by atoms with E-state index >= 15 is 0 Å². The van der Waals surface area contributed by atoms with Gasteiger partial charge in [-0.15, -0.1) is 6.58 Å². The Morgan fingerprint density at radius 1 is 1.55 bits per heavy atom. The van der Waals surface area contributed by atoms with Crippen molar-refractivity contribution in [2.45, 2.75) is 23.7 Å². The molecule has 22 heavy (non-hydrogen) atoms. The number of hydrogen-bond donors (Lipinski definition) is 4. The number of hydrogen-bond acceptors (Lipinski definition) is 8. The van der Waals surface area contributed by atoms with Gasteiger partial charge in [0.1, 0.15) is 23.7 Å². The largest absolute Gasteiger partial charge is 0.393 e. The number of aliphatic hydroxyl groups excluding tert-OH is 2. The van der Waals surface area contributed by atoms with Crippen molar-refractivity contribution < 1.29 is 24.4 Å². The van der Waals surface area contributed by atoms with Crippen molar-refractivity contribution in [2.24, 2.45) is 0 Å². The van der Waals surface area contributed by atoms with Gasteiger partial charge < -0.3 is 25.8 Å². The molecule has 1 saturated heterocycles. The zero-order valence-corrected chi connectivity index (χ0v) is 11.3. The molecule has 0 aliphatic carbocycles. The third kappa shape index (κ3) is 1.69. The molecule has 10 heteroatoms. The molecular formula is C12H14FN5O4. The quantitative estimate of drug-likeness (QED) is 0.502. The van der Waals surface area contributed by atoms with Gasteiger partial charge in [0, 0.05) is 0 Å². The molecule has 2 aromatic rings. The van der Waals surface area contributed by atoms with Gasteiger partial charge in [0.2, 0.25) is 5.79 Å². The molecule has 3 rings (SSSR count). The highest BCUT2D eigenvalue weighted by molar-refractivity contribution is 5.59. The van der Waals surface area contributed by atoms with Crippen molar-refractivity contribution in [1.29, 1.82) is 0 Å².